The van der Waals surface area contributed by atoms with Crippen molar-refractivity contribution in [3.63, 3.8) is 0 Å². The summed E-state index contributed by atoms with van der Waals surface area (Å²) in [5.41, 5.74) is 1.43. The van der Waals surface area contributed by atoms with Crippen LogP contribution in [0.2, 0.25) is 0 Å². The van der Waals surface area contributed by atoms with Gasteiger partial charge in [0.15, 0.2) is 0 Å². The molecule has 1 aliphatic rings. The highest BCUT2D eigenvalue weighted by Gasteiger charge is 2.33. The zero-order valence-electron chi connectivity index (χ0n) is 13.5. The maximum Gasteiger partial charge on any atom is 0.224 e. The highest BCUT2D eigenvalue weighted by atomic mass is 32.1. The molecule has 1 aliphatic heterocycles. The van der Waals surface area contributed by atoms with Gasteiger partial charge in [0.2, 0.25) is 5.95 Å². The van der Waals surface area contributed by atoms with E-state index in [1.165, 1.54) is 10.6 Å². The Bertz CT molecular complexity index is 586. The van der Waals surface area contributed by atoms with E-state index in [1.54, 1.807) is 11.3 Å². The molecule has 3 heterocycles. The van der Waals surface area contributed by atoms with Crippen LogP contribution in [0.3, 0.4) is 0 Å². The molecule has 5 nitrogen and oxygen atoms in total. The predicted molar refractivity (Wildman–Crippen MR) is 90.3 cm³/mol. The number of rotatable bonds is 4. The van der Waals surface area contributed by atoms with Crippen LogP contribution in [-0.4, -0.2) is 47.0 Å². The van der Waals surface area contributed by atoms with E-state index in [0.29, 0.717) is 0 Å². The second-order valence-electron chi connectivity index (χ2n) is 6.46. The van der Waals surface area contributed by atoms with Crippen molar-refractivity contribution in [2.24, 2.45) is 0 Å². The summed E-state index contributed by atoms with van der Waals surface area (Å²) >= 11 is 1.78. The highest BCUT2D eigenvalue weighted by molar-refractivity contribution is 7.09. The molecule has 1 fully saturated rings. The average Bonchev–Trinajstić information content (AvgIpc) is 3.05. The van der Waals surface area contributed by atoms with Crippen molar-refractivity contribution in [1.82, 2.24) is 19.9 Å². The Labute approximate surface area is 136 Å². The molecule has 2 aromatic rings. The number of piperidine rings is 1. The largest absolute Gasteiger partial charge is 0.347 e. The first-order valence-electron chi connectivity index (χ1n) is 7.67. The summed E-state index contributed by atoms with van der Waals surface area (Å²) in [5, 5.41) is 3.36. The van der Waals surface area contributed by atoms with Gasteiger partial charge in [0.05, 0.1) is 5.01 Å². The average molecular weight is 317 g/mol. The van der Waals surface area contributed by atoms with E-state index in [-0.39, 0.29) is 5.41 Å². The lowest BCUT2D eigenvalue weighted by molar-refractivity contribution is 0.161. The molecule has 22 heavy (non-hydrogen) atoms. The second kappa shape index (κ2) is 6.30. The van der Waals surface area contributed by atoms with E-state index in [0.717, 1.165) is 38.4 Å². The summed E-state index contributed by atoms with van der Waals surface area (Å²) in [4.78, 5) is 17.7. The normalized spacial score (nSPS) is 18.3. The molecule has 0 amide bonds. The van der Waals surface area contributed by atoms with E-state index in [1.807, 2.05) is 37.6 Å². The number of hydrogen-bond acceptors (Lipinski definition) is 6. The molecular formula is C16H23N5S. The lowest BCUT2D eigenvalue weighted by Crippen LogP contribution is -2.40. The SMILES string of the molecule is CN(C)c1ncc(CN2CCC(C)(c3nccs3)CC2)cn1. The zero-order chi connectivity index (χ0) is 15.6. The minimum absolute atomic E-state index is 0.246. The van der Waals surface area contributed by atoms with Gasteiger partial charge in [0, 0.05) is 55.6 Å². The van der Waals surface area contributed by atoms with Gasteiger partial charge in [-0.1, -0.05) is 6.92 Å². The Morgan fingerprint density at radius 3 is 2.41 bits per heavy atom. The smallest absolute Gasteiger partial charge is 0.224 e. The molecule has 0 unspecified atom stereocenters. The Morgan fingerprint density at radius 1 is 1.18 bits per heavy atom. The van der Waals surface area contributed by atoms with E-state index < -0.39 is 0 Å². The molecule has 0 saturated carbocycles. The van der Waals surface area contributed by atoms with Crippen molar-refractivity contribution < 1.29 is 0 Å². The molecule has 6 heteroatoms. The van der Waals surface area contributed by atoms with Gasteiger partial charge in [0.1, 0.15) is 0 Å². The number of thiazole rings is 1. The Hall–Kier alpha value is -1.53. The van der Waals surface area contributed by atoms with Crippen LogP contribution in [0.5, 0.6) is 0 Å². The first-order chi connectivity index (χ1) is 10.6. The molecule has 0 aromatic carbocycles. The second-order valence-corrected chi connectivity index (χ2v) is 7.35. The first-order valence-corrected chi connectivity index (χ1v) is 8.55. The highest BCUT2D eigenvalue weighted by Crippen LogP contribution is 2.36. The van der Waals surface area contributed by atoms with Gasteiger partial charge >= 0.3 is 0 Å². The van der Waals surface area contributed by atoms with Crippen molar-refractivity contribution in [3.8, 4) is 0 Å². The molecule has 0 spiro atoms. The van der Waals surface area contributed by atoms with Crippen LogP contribution in [0.1, 0.15) is 30.3 Å². The van der Waals surface area contributed by atoms with Crippen LogP contribution >= 0.6 is 11.3 Å². The van der Waals surface area contributed by atoms with Gasteiger partial charge in [0.25, 0.3) is 0 Å². The fraction of sp³-hybridized carbons (Fsp3) is 0.562. The van der Waals surface area contributed by atoms with Crippen LogP contribution in [0.4, 0.5) is 5.95 Å². The molecule has 0 aliphatic carbocycles. The summed E-state index contributed by atoms with van der Waals surface area (Å²) in [6.45, 7) is 5.48. The molecule has 1 saturated heterocycles. The van der Waals surface area contributed by atoms with Crippen LogP contribution in [0.15, 0.2) is 24.0 Å². The quantitative estimate of drug-likeness (QED) is 0.867. The summed E-state index contributed by atoms with van der Waals surface area (Å²) in [6, 6.07) is 0. The monoisotopic (exact) mass is 317 g/mol. The van der Waals surface area contributed by atoms with Crippen molar-refractivity contribution in [2.45, 2.75) is 31.7 Å². The van der Waals surface area contributed by atoms with Crippen LogP contribution in [0.25, 0.3) is 0 Å². The minimum Gasteiger partial charge on any atom is -0.347 e. The Kier molecular flexibility index (Phi) is 4.40. The van der Waals surface area contributed by atoms with E-state index >= 15 is 0 Å². The van der Waals surface area contributed by atoms with Crippen molar-refractivity contribution >= 4 is 17.3 Å². The fourth-order valence-corrected chi connectivity index (χ4v) is 3.72. The Morgan fingerprint density at radius 2 is 1.86 bits per heavy atom. The van der Waals surface area contributed by atoms with Gasteiger partial charge < -0.3 is 4.90 Å². The lowest BCUT2D eigenvalue weighted by Gasteiger charge is -2.38. The maximum absolute atomic E-state index is 4.52. The van der Waals surface area contributed by atoms with E-state index in [9.17, 15) is 0 Å². The summed E-state index contributed by atoms with van der Waals surface area (Å²) in [5.74, 6) is 0.763. The van der Waals surface area contributed by atoms with Crippen LogP contribution in [-0.2, 0) is 12.0 Å². The molecule has 2 aromatic heterocycles. The molecule has 0 atom stereocenters. The molecule has 0 radical (unpaired) electrons. The van der Waals surface area contributed by atoms with Gasteiger partial charge in [-0.05, 0) is 25.9 Å². The lowest BCUT2D eigenvalue weighted by atomic mass is 9.81. The standard InChI is InChI=1S/C16H23N5S/c1-16(14-17-6-9-22-14)4-7-21(8-5-16)12-13-10-18-15(19-11-13)20(2)3/h6,9-11H,4-5,7-8,12H2,1-3H3. The Balaban J connectivity index is 1.58. The van der Waals surface area contributed by atoms with Crippen molar-refractivity contribution in [2.75, 3.05) is 32.1 Å². The van der Waals surface area contributed by atoms with E-state index in [4.69, 9.17) is 0 Å². The molecule has 0 N–H and O–H groups in total. The number of aromatic nitrogens is 3. The third-order valence-corrected chi connectivity index (χ3v) is 5.49. The third kappa shape index (κ3) is 3.28. The topological polar surface area (TPSA) is 45.2 Å². The number of hydrogen-bond donors (Lipinski definition) is 0. The first kappa shape index (κ1) is 15.4. The zero-order valence-corrected chi connectivity index (χ0v) is 14.3. The number of likely N-dealkylation sites (tertiary alicyclic amines) is 1. The van der Waals surface area contributed by atoms with E-state index in [2.05, 4.69) is 32.2 Å². The van der Waals surface area contributed by atoms with Crippen LogP contribution < -0.4 is 4.90 Å². The van der Waals surface area contributed by atoms with Crippen molar-refractivity contribution in [3.05, 3.63) is 34.5 Å². The fourth-order valence-electron chi connectivity index (χ4n) is 2.86. The predicted octanol–water partition coefficient (Wildman–Crippen LogP) is 2.55. The third-order valence-electron chi connectivity index (χ3n) is 4.41. The molecule has 0 bridgehead atoms. The van der Waals surface area contributed by atoms with Gasteiger partial charge in [-0.15, -0.1) is 11.3 Å². The van der Waals surface area contributed by atoms with Crippen molar-refractivity contribution in [1.29, 1.82) is 0 Å². The summed E-state index contributed by atoms with van der Waals surface area (Å²) < 4.78 is 0. The van der Waals surface area contributed by atoms with Gasteiger partial charge in [-0.3, -0.25) is 4.90 Å². The summed E-state index contributed by atoms with van der Waals surface area (Å²) in [6.07, 6.45) is 8.13. The van der Waals surface area contributed by atoms with Gasteiger partial charge in [-0.2, -0.15) is 0 Å². The minimum atomic E-state index is 0.246. The van der Waals surface area contributed by atoms with Gasteiger partial charge in [-0.25, -0.2) is 15.0 Å². The van der Waals surface area contributed by atoms with Crippen LogP contribution in [0, 0.1) is 0 Å². The summed E-state index contributed by atoms with van der Waals surface area (Å²) in [7, 11) is 3.91. The number of anilines is 1. The molecular weight excluding hydrogens is 294 g/mol. The molecule has 3 rings (SSSR count). The maximum atomic E-state index is 4.52. The number of nitrogens with zero attached hydrogens (tertiary/aromatic N) is 5. The molecule has 118 valence electrons.